The number of rotatable bonds is 3. The van der Waals surface area contributed by atoms with E-state index in [1.54, 1.807) is 0 Å². The zero-order valence-electron chi connectivity index (χ0n) is 15.1. The summed E-state index contributed by atoms with van der Waals surface area (Å²) in [6.45, 7) is 0. The molecule has 30 heavy (non-hydrogen) atoms. The normalized spacial score (nSPS) is 10.9. The van der Waals surface area contributed by atoms with Gasteiger partial charge in [-0.3, -0.25) is 14.2 Å². The van der Waals surface area contributed by atoms with E-state index < -0.39 is 45.9 Å². The molecule has 2 aromatic heterocycles. The highest BCUT2D eigenvalue weighted by molar-refractivity contribution is 6.09. The number of hydrogen-bond donors (Lipinski definition) is 2. The summed E-state index contributed by atoms with van der Waals surface area (Å²) >= 11 is 0. The van der Waals surface area contributed by atoms with E-state index in [0.29, 0.717) is 0 Å². The van der Waals surface area contributed by atoms with Crippen LogP contribution in [0, 0.1) is 17.5 Å². The van der Waals surface area contributed by atoms with Crippen molar-refractivity contribution >= 4 is 22.6 Å². The lowest BCUT2D eigenvalue weighted by Gasteiger charge is -2.14. The van der Waals surface area contributed by atoms with E-state index in [1.165, 1.54) is 30.5 Å². The largest absolute Gasteiger partial charge is 0.506 e. The highest BCUT2D eigenvalue weighted by Crippen LogP contribution is 2.27. The minimum absolute atomic E-state index is 0.0279. The molecular weight excluding hydrogens is 399 g/mol. The van der Waals surface area contributed by atoms with Gasteiger partial charge >= 0.3 is 0 Å². The average Bonchev–Trinajstić information content (AvgIpc) is 2.72. The van der Waals surface area contributed by atoms with Gasteiger partial charge in [-0.15, -0.1) is 0 Å². The van der Waals surface area contributed by atoms with E-state index in [2.05, 4.69) is 10.3 Å². The van der Waals surface area contributed by atoms with Crippen molar-refractivity contribution in [1.29, 1.82) is 0 Å². The van der Waals surface area contributed by atoms with Gasteiger partial charge in [-0.2, -0.15) is 0 Å². The van der Waals surface area contributed by atoms with Crippen LogP contribution >= 0.6 is 0 Å². The van der Waals surface area contributed by atoms with Gasteiger partial charge in [0.05, 0.1) is 16.8 Å². The fourth-order valence-corrected chi connectivity index (χ4v) is 3.02. The van der Waals surface area contributed by atoms with Crippen LogP contribution in [0.2, 0.25) is 0 Å². The zero-order valence-corrected chi connectivity index (χ0v) is 15.1. The number of hydrogen-bond acceptors (Lipinski definition) is 4. The van der Waals surface area contributed by atoms with Crippen LogP contribution in [-0.4, -0.2) is 20.6 Å². The van der Waals surface area contributed by atoms with Crippen LogP contribution in [-0.2, 0) is 0 Å². The summed E-state index contributed by atoms with van der Waals surface area (Å²) in [5, 5.41) is 12.7. The second-order valence-electron chi connectivity index (χ2n) is 6.29. The molecule has 4 rings (SSSR count). The van der Waals surface area contributed by atoms with E-state index in [1.807, 2.05) is 0 Å². The molecule has 0 aliphatic carbocycles. The van der Waals surface area contributed by atoms with E-state index >= 15 is 0 Å². The highest BCUT2D eigenvalue weighted by atomic mass is 19.1. The van der Waals surface area contributed by atoms with Gasteiger partial charge in [-0.1, -0.05) is 0 Å². The molecule has 2 heterocycles. The lowest BCUT2D eigenvalue weighted by Crippen LogP contribution is -2.29. The minimum Gasteiger partial charge on any atom is -0.506 e. The molecule has 0 spiro atoms. The first-order valence-electron chi connectivity index (χ1n) is 8.62. The van der Waals surface area contributed by atoms with Crippen molar-refractivity contribution in [2.24, 2.45) is 0 Å². The molecule has 0 saturated heterocycles. The standard InChI is InChI=1S/C21H12F3N3O3/c22-11-3-6-13(7-4-11)27-19-14(2-1-9-25-19)18(28)17(21(27)30)20(29)26-16-10-12(23)5-8-15(16)24/h1-10,28H,(H,26,29). The fourth-order valence-electron chi connectivity index (χ4n) is 3.02. The summed E-state index contributed by atoms with van der Waals surface area (Å²) < 4.78 is 41.7. The van der Waals surface area contributed by atoms with Crippen LogP contribution in [0.5, 0.6) is 5.75 Å². The molecule has 0 fully saturated rings. The molecule has 2 N–H and O–H groups in total. The van der Waals surface area contributed by atoms with Crippen molar-refractivity contribution in [3.05, 3.63) is 94.2 Å². The average molecular weight is 411 g/mol. The van der Waals surface area contributed by atoms with Crippen LogP contribution < -0.4 is 10.9 Å². The van der Waals surface area contributed by atoms with Gasteiger partial charge in [-0.25, -0.2) is 18.2 Å². The monoisotopic (exact) mass is 411 g/mol. The number of pyridine rings is 2. The highest BCUT2D eigenvalue weighted by Gasteiger charge is 2.24. The summed E-state index contributed by atoms with van der Waals surface area (Å²) in [6.07, 6.45) is 1.38. The summed E-state index contributed by atoms with van der Waals surface area (Å²) in [4.78, 5) is 29.9. The van der Waals surface area contributed by atoms with Gasteiger partial charge in [-0.05, 0) is 48.5 Å². The van der Waals surface area contributed by atoms with Crippen molar-refractivity contribution in [3.63, 3.8) is 0 Å². The Balaban J connectivity index is 1.94. The van der Waals surface area contributed by atoms with E-state index in [0.717, 1.165) is 34.9 Å². The Hall–Kier alpha value is -4.14. The molecule has 6 nitrogen and oxygen atoms in total. The summed E-state index contributed by atoms with van der Waals surface area (Å²) in [5.74, 6) is -4.09. The van der Waals surface area contributed by atoms with Crippen molar-refractivity contribution in [2.75, 3.05) is 5.32 Å². The van der Waals surface area contributed by atoms with Crippen molar-refractivity contribution in [3.8, 4) is 11.4 Å². The van der Waals surface area contributed by atoms with Crippen molar-refractivity contribution in [2.45, 2.75) is 0 Å². The minimum atomic E-state index is -1.15. The number of fused-ring (bicyclic) bond motifs is 1. The van der Waals surface area contributed by atoms with Crippen LogP contribution in [0.15, 0.2) is 65.6 Å². The first kappa shape index (κ1) is 19.2. The smallest absolute Gasteiger partial charge is 0.273 e. The predicted molar refractivity (Wildman–Crippen MR) is 103 cm³/mol. The summed E-state index contributed by atoms with van der Waals surface area (Å²) in [5.41, 5.74) is -1.96. The lowest BCUT2D eigenvalue weighted by molar-refractivity contribution is 0.102. The molecule has 150 valence electrons. The number of amides is 1. The van der Waals surface area contributed by atoms with Gasteiger partial charge in [0.15, 0.2) is 5.65 Å². The van der Waals surface area contributed by atoms with E-state index in [9.17, 15) is 27.9 Å². The third-order valence-corrected chi connectivity index (χ3v) is 4.40. The number of nitrogens with zero attached hydrogens (tertiary/aromatic N) is 2. The van der Waals surface area contributed by atoms with Crippen molar-refractivity contribution < 1.29 is 23.1 Å². The second-order valence-corrected chi connectivity index (χ2v) is 6.29. The Labute approximate surface area is 166 Å². The molecule has 2 aromatic carbocycles. The Kier molecular flexibility index (Phi) is 4.71. The molecule has 0 unspecified atom stereocenters. The first-order chi connectivity index (χ1) is 14.4. The van der Waals surface area contributed by atoms with Crippen molar-refractivity contribution in [1.82, 2.24) is 9.55 Å². The molecule has 1 amide bonds. The molecule has 4 aromatic rings. The Morgan fingerprint density at radius 2 is 1.70 bits per heavy atom. The number of benzene rings is 2. The Morgan fingerprint density at radius 1 is 1.00 bits per heavy atom. The predicted octanol–water partition coefficient (Wildman–Crippen LogP) is 3.76. The molecule has 0 aliphatic heterocycles. The van der Waals surface area contributed by atoms with Gasteiger partial charge < -0.3 is 10.4 Å². The maximum Gasteiger partial charge on any atom is 0.273 e. The molecule has 0 saturated carbocycles. The number of carbonyl (C=O) groups excluding carboxylic acids is 1. The maximum atomic E-state index is 13.9. The number of halogens is 3. The molecule has 9 heteroatoms. The van der Waals surface area contributed by atoms with Crippen LogP contribution in [0.4, 0.5) is 18.9 Å². The number of carbonyl (C=O) groups is 1. The van der Waals surface area contributed by atoms with Crippen LogP contribution in [0.25, 0.3) is 16.7 Å². The Morgan fingerprint density at radius 3 is 2.43 bits per heavy atom. The van der Waals surface area contributed by atoms with Gasteiger partial charge in [0, 0.05) is 12.3 Å². The lowest BCUT2D eigenvalue weighted by atomic mass is 10.1. The molecule has 0 bridgehead atoms. The van der Waals surface area contributed by atoms with Crippen LogP contribution in [0.3, 0.4) is 0 Å². The third kappa shape index (κ3) is 3.26. The SMILES string of the molecule is O=C(Nc1cc(F)ccc1F)c1c(O)c2cccnc2n(-c2ccc(F)cc2)c1=O. The van der Waals surface area contributed by atoms with E-state index in [4.69, 9.17) is 0 Å². The second kappa shape index (κ2) is 7.36. The Bertz CT molecular complexity index is 1350. The summed E-state index contributed by atoms with van der Waals surface area (Å²) in [7, 11) is 0. The van der Waals surface area contributed by atoms with Crippen LogP contribution in [0.1, 0.15) is 10.4 Å². The topological polar surface area (TPSA) is 84.2 Å². The molecule has 0 aliphatic rings. The first-order valence-corrected chi connectivity index (χ1v) is 8.62. The number of anilines is 1. The zero-order chi connectivity index (χ0) is 21.4. The molecular formula is C21H12F3N3O3. The van der Waals surface area contributed by atoms with Gasteiger partial charge in [0.2, 0.25) is 0 Å². The maximum absolute atomic E-state index is 13.9. The third-order valence-electron chi connectivity index (χ3n) is 4.40. The molecule has 0 radical (unpaired) electrons. The van der Waals surface area contributed by atoms with Gasteiger partial charge in [0.1, 0.15) is 28.8 Å². The summed E-state index contributed by atoms with van der Waals surface area (Å²) in [6, 6.07) is 10.2. The number of nitrogens with one attached hydrogen (secondary N) is 1. The number of aromatic nitrogens is 2. The van der Waals surface area contributed by atoms with Gasteiger partial charge in [0.25, 0.3) is 11.5 Å². The number of aromatic hydroxyl groups is 1. The quantitative estimate of drug-likeness (QED) is 0.538. The van der Waals surface area contributed by atoms with E-state index in [-0.39, 0.29) is 16.7 Å². The molecule has 0 atom stereocenters. The fraction of sp³-hybridized carbons (Fsp3) is 0.